The third-order valence-electron chi connectivity index (χ3n) is 4.84. The van der Waals surface area contributed by atoms with Gasteiger partial charge in [-0.15, -0.1) is 0 Å². The topological polar surface area (TPSA) is 18.5 Å². The number of halogens is 1. The number of nitrogens with zero attached hydrogens (tertiary/aromatic N) is 2. The lowest BCUT2D eigenvalue weighted by Gasteiger charge is -2.36. The van der Waals surface area contributed by atoms with Crippen molar-refractivity contribution in [3.8, 4) is 0 Å². The second-order valence-corrected chi connectivity index (χ2v) is 7.43. The molecule has 0 amide bonds. The van der Waals surface area contributed by atoms with E-state index in [2.05, 4.69) is 63.3 Å². The maximum atomic E-state index is 3.74. The van der Waals surface area contributed by atoms with Crippen LogP contribution in [0.4, 0.5) is 5.69 Å². The second-order valence-electron chi connectivity index (χ2n) is 6.58. The first-order valence-electron chi connectivity index (χ1n) is 8.06. The molecule has 1 aliphatic carbocycles. The van der Waals surface area contributed by atoms with E-state index < -0.39 is 0 Å². The van der Waals surface area contributed by atoms with E-state index in [4.69, 9.17) is 0 Å². The fraction of sp³-hybridized carbons (Fsp3) is 0.647. The molecule has 0 bridgehead atoms. The zero-order valence-electron chi connectivity index (χ0n) is 13.1. The highest BCUT2D eigenvalue weighted by Gasteiger charge is 2.22. The lowest BCUT2D eigenvalue weighted by atomic mass is 10.0. The van der Waals surface area contributed by atoms with Crippen molar-refractivity contribution in [3.05, 3.63) is 28.2 Å². The molecule has 1 heterocycles. The molecule has 0 unspecified atom stereocenters. The van der Waals surface area contributed by atoms with E-state index >= 15 is 0 Å². The van der Waals surface area contributed by atoms with Gasteiger partial charge in [-0.2, -0.15) is 0 Å². The Morgan fingerprint density at radius 1 is 1.24 bits per heavy atom. The quantitative estimate of drug-likeness (QED) is 0.878. The normalized spacial score (nSPS) is 20.7. The van der Waals surface area contributed by atoms with E-state index in [1.165, 1.54) is 54.5 Å². The number of hydrogen-bond donors (Lipinski definition) is 1. The van der Waals surface area contributed by atoms with E-state index in [1.807, 2.05) is 0 Å². The summed E-state index contributed by atoms with van der Waals surface area (Å²) in [5, 5.41) is 3.58. The minimum absolute atomic E-state index is 0.670. The van der Waals surface area contributed by atoms with Crippen LogP contribution in [0, 0.1) is 0 Å². The number of hydrogen-bond acceptors (Lipinski definition) is 3. The van der Waals surface area contributed by atoms with Gasteiger partial charge in [0.15, 0.2) is 0 Å². The van der Waals surface area contributed by atoms with Gasteiger partial charge in [-0.1, -0.05) is 22.0 Å². The van der Waals surface area contributed by atoms with Crippen LogP contribution < -0.4 is 10.2 Å². The number of nitrogens with one attached hydrogen (secondary N) is 1. The molecule has 1 aromatic rings. The van der Waals surface area contributed by atoms with Crippen LogP contribution >= 0.6 is 15.9 Å². The molecule has 2 fully saturated rings. The first-order chi connectivity index (χ1) is 10.1. The standard InChI is InChI=1S/C17H26BrN3/c1-20-9-7-15(8-10-20)21(2)16-6-3-13(17(18)11-16)12-19-14-4-5-14/h3,6,11,14-15,19H,4-5,7-10,12H2,1-2H3. The Morgan fingerprint density at radius 3 is 2.57 bits per heavy atom. The van der Waals surface area contributed by atoms with Crippen molar-refractivity contribution in [2.75, 3.05) is 32.1 Å². The number of anilines is 1. The van der Waals surface area contributed by atoms with Crippen LogP contribution in [0.1, 0.15) is 31.2 Å². The molecular formula is C17H26BrN3. The fourth-order valence-corrected chi connectivity index (χ4v) is 3.54. The molecule has 4 heteroatoms. The van der Waals surface area contributed by atoms with E-state index in [1.54, 1.807) is 0 Å². The van der Waals surface area contributed by atoms with Gasteiger partial charge >= 0.3 is 0 Å². The fourth-order valence-electron chi connectivity index (χ4n) is 3.03. The van der Waals surface area contributed by atoms with Crippen LogP contribution in [-0.4, -0.2) is 44.2 Å². The van der Waals surface area contributed by atoms with Crippen LogP contribution in [0.3, 0.4) is 0 Å². The van der Waals surface area contributed by atoms with Crippen molar-refractivity contribution in [2.24, 2.45) is 0 Å². The molecule has 0 radical (unpaired) electrons. The average molecular weight is 352 g/mol. The molecule has 3 rings (SSSR count). The summed E-state index contributed by atoms with van der Waals surface area (Å²) in [5.41, 5.74) is 2.69. The van der Waals surface area contributed by atoms with Crippen molar-refractivity contribution in [1.82, 2.24) is 10.2 Å². The van der Waals surface area contributed by atoms with E-state index in [9.17, 15) is 0 Å². The van der Waals surface area contributed by atoms with Gasteiger partial charge in [-0.25, -0.2) is 0 Å². The van der Waals surface area contributed by atoms with Crippen molar-refractivity contribution >= 4 is 21.6 Å². The number of piperidine rings is 1. The van der Waals surface area contributed by atoms with Gasteiger partial charge in [0.25, 0.3) is 0 Å². The summed E-state index contributed by atoms with van der Waals surface area (Å²) in [4.78, 5) is 4.88. The smallest absolute Gasteiger partial charge is 0.0377 e. The molecule has 2 aliphatic rings. The van der Waals surface area contributed by atoms with Gasteiger partial charge in [-0.3, -0.25) is 0 Å². The summed E-state index contributed by atoms with van der Waals surface area (Å²) in [6, 6.07) is 8.25. The Balaban J connectivity index is 1.62. The van der Waals surface area contributed by atoms with Crippen molar-refractivity contribution in [3.63, 3.8) is 0 Å². The van der Waals surface area contributed by atoms with Crippen molar-refractivity contribution in [2.45, 2.75) is 44.3 Å². The van der Waals surface area contributed by atoms with E-state index in [0.717, 1.165) is 12.6 Å². The third-order valence-corrected chi connectivity index (χ3v) is 5.58. The van der Waals surface area contributed by atoms with Gasteiger partial charge in [-0.05, 0) is 63.5 Å². The Morgan fingerprint density at radius 2 is 1.95 bits per heavy atom. The molecule has 1 aromatic carbocycles. The number of likely N-dealkylation sites (tertiary alicyclic amines) is 1. The van der Waals surface area contributed by atoms with Crippen LogP contribution in [0.15, 0.2) is 22.7 Å². The molecule has 1 saturated carbocycles. The predicted octanol–water partition coefficient (Wildman–Crippen LogP) is 3.23. The molecule has 0 aromatic heterocycles. The van der Waals surface area contributed by atoms with E-state index in [-0.39, 0.29) is 0 Å². The van der Waals surface area contributed by atoms with Gasteiger partial charge in [0.2, 0.25) is 0 Å². The predicted molar refractivity (Wildman–Crippen MR) is 92.9 cm³/mol. The highest BCUT2D eigenvalue weighted by Crippen LogP contribution is 2.28. The number of benzene rings is 1. The maximum absolute atomic E-state index is 3.74. The summed E-state index contributed by atoms with van der Waals surface area (Å²) in [7, 11) is 4.45. The maximum Gasteiger partial charge on any atom is 0.0377 e. The number of rotatable bonds is 5. The minimum atomic E-state index is 0.670. The molecule has 3 nitrogen and oxygen atoms in total. The first kappa shape index (κ1) is 15.3. The van der Waals surface area contributed by atoms with Gasteiger partial charge < -0.3 is 15.1 Å². The lowest BCUT2D eigenvalue weighted by Crippen LogP contribution is -2.42. The third kappa shape index (κ3) is 3.99. The summed E-state index contributed by atoms with van der Waals surface area (Å²) in [6.07, 6.45) is 5.20. The molecule has 1 N–H and O–H groups in total. The average Bonchev–Trinajstić information content (AvgIpc) is 3.30. The first-order valence-corrected chi connectivity index (χ1v) is 8.86. The van der Waals surface area contributed by atoms with E-state index in [0.29, 0.717) is 6.04 Å². The molecule has 21 heavy (non-hydrogen) atoms. The minimum Gasteiger partial charge on any atom is -0.371 e. The summed E-state index contributed by atoms with van der Waals surface area (Å²) in [6.45, 7) is 3.39. The van der Waals surface area contributed by atoms with Crippen LogP contribution in [-0.2, 0) is 6.54 Å². The lowest BCUT2D eigenvalue weighted by molar-refractivity contribution is 0.253. The summed E-state index contributed by atoms with van der Waals surface area (Å²) >= 11 is 3.74. The zero-order valence-corrected chi connectivity index (χ0v) is 14.7. The molecule has 1 aliphatic heterocycles. The van der Waals surface area contributed by atoms with Crippen molar-refractivity contribution < 1.29 is 0 Å². The Kier molecular flexibility index (Phi) is 4.87. The Hall–Kier alpha value is -0.580. The molecular weight excluding hydrogens is 326 g/mol. The van der Waals surface area contributed by atoms with Gasteiger partial charge in [0.05, 0.1) is 0 Å². The summed E-state index contributed by atoms with van der Waals surface area (Å²) < 4.78 is 1.23. The summed E-state index contributed by atoms with van der Waals surface area (Å²) in [5.74, 6) is 0. The largest absolute Gasteiger partial charge is 0.371 e. The zero-order chi connectivity index (χ0) is 14.8. The van der Waals surface area contributed by atoms with Crippen molar-refractivity contribution in [1.29, 1.82) is 0 Å². The van der Waals surface area contributed by atoms with Crippen LogP contribution in [0.2, 0.25) is 0 Å². The van der Waals surface area contributed by atoms with Crippen LogP contribution in [0.5, 0.6) is 0 Å². The Labute approximate surface area is 136 Å². The second kappa shape index (κ2) is 6.67. The van der Waals surface area contributed by atoms with Gasteiger partial charge in [0.1, 0.15) is 0 Å². The molecule has 0 spiro atoms. The molecule has 0 atom stereocenters. The highest BCUT2D eigenvalue weighted by atomic mass is 79.9. The monoisotopic (exact) mass is 351 g/mol. The molecule has 1 saturated heterocycles. The van der Waals surface area contributed by atoms with Gasteiger partial charge in [0, 0.05) is 35.8 Å². The highest BCUT2D eigenvalue weighted by molar-refractivity contribution is 9.10. The van der Waals surface area contributed by atoms with Crippen LogP contribution in [0.25, 0.3) is 0 Å². The Bertz CT molecular complexity index is 479. The SMILES string of the molecule is CN1CCC(N(C)c2ccc(CNC3CC3)c(Br)c2)CC1. The molecule has 116 valence electrons.